The minimum Gasteiger partial charge on any atom is -0.548 e. The maximum atomic E-state index is 12.2. The maximum Gasteiger partial charge on any atom is 0.299 e. The van der Waals surface area contributed by atoms with E-state index in [4.69, 9.17) is 5.26 Å². The molecule has 0 radical (unpaired) electrons. The van der Waals surface area contributed by atoms with Gasteiger partial charge in [0.1, 0.15) is 0 Å². The first kappa shape index (κ1) is 23.2. The molecule has 0 bridgehead atoms. The van der Waals surface area contributed by atoms with Gasteiger partial charge in [0.05, 0.1) is 29.3 Å². The number of aliphatic carboxylic acids is 1. The number of carbonyl (C=O) groups excluding carboxylic acids is 1. The van der Waals surface area contributed by atoms with Crippen molar-refractivity contribution in [2.24, 2.45) is 0 Å². The van der Waals surface area contributed by atoms with Gasteiger partial charge in [0.25, 0.3) is 10.2 Å². The number of benzene rings is 2. The van der Waals surface area contributed by atoms with Crippen LogP contribution in [0.15, 0.2) is 42.5 Å². The van der Waals surface area contributed by atoms with Crippen LogP contribution in [0.4, 0.5) is 11.4 Å². The predicted octanol–water partition coefficient (Wildman–Crippen LogP) is 2.07. The highest BCUT2D eigenvalue weighted by molar-refractivity contribution is 7.90. The quantitative estimate of drug-likeness (QED) is 0.468. The summed E-state index contributed by atoms with van der Waals surface area (Å²) in [5.41, 5.74) is 2.33. The first-order chi connectivity index (χ1) is 14.3. The number of nitriles is 1. The number of anilines is 2. The fraction of sp³-hybridized carbons (Fsp3) is 0.333. The third kappa shape index (κ3) is 6.76. The minimum atomic E-state index is -3.78. The van der Waals surface area contributed by atoms with Gasteiger partial charge in [-0.1, -0.05) is 26.3 Å². The van der Waals surface area contributed by atoms with Gasteiger partial charge in [-0.3, -0.25) is 4.72 Å². The average molecular weight is 430 g/mol. The van der Waals surface area contributed by atoms with Crippen LogP contribution in [0, 0.1) is 11.3 Å². The number of aryl methyl sites for hydroxylation is 1. The lowest BCUT2D eigenvalue weighted by atomic mass is 10.0. The van der Waals surface area contributed by atoms with Crippen molar-refractivity contribution in [3.8, 4) is 6.07 Å². The summed E-state index contributed by atoms with van der Waals surface area (Å²) in [4.78, 5) is 11.8. The molecular weight excluding hydrogens is 404 g/mol. The SMILES string of the molecule is CCCCNS(=O)(=O)Nc1cc(CC)cc(C(Nc2ccc(C#N)cc2)C(=O)[O-])c1. The van der Waals surface area contributed by atoms with Gasteiger partial charge in [-0.2, -0.15) is 18.4 Å². The molecule has 0 aliphatic rings. The minimum absolute atomic E-state index is 0.265. The summed E-state index contributed by atoms with van der Waals surface area (Å²) in [7, 11) is -3.78. The summed E-state index contributed by atoms with van der Waals surface area (Å²) >= 11 is 0. The first-order valence-electron chi connectivity index (χ1n) is 9.66. The van der Waals surface area contributed by atoms with Crippen LogP contribution in [-0.4, -0.2) is 20.9 Å². The fourth-order valence-electron chi connectivity index (χ4n) is 2.81. The molecule has 2 rings (SSSR count). The van der Waals surface area contributed by atoms with E-state index in [9.17, 15) is 18.3 Å². The summed E-state index contributed by atoms with van der Waals surface area (Å²) in [6.07, 6.45) is 2.15. The molecule has 1 atom stereocenters. The number of rotatable bonds is 11. The van der Waals surface area contributed by atoms with Gasteiger partial charge >= 0.3 is 0 Å². The zero-order valence-electron chi connectivity index (χ0n) is 16.9. The van der Waals surface area contributed by atoms with Crippen molar-refractivity contribution < 1.29 is 18.3 Å². The molecule has 0 aromatic heterocycles. The summed E-state index contributed by atoms with van der Waals surface area (Å²) in [5, 5.41) is 23.6. The smallest absolute Gasteiger partial charge is 0.299 e. The maximum absolute atomic E-state index is 12.2. The standard InChI is InChI=1S/C21H26N4O4S/c1-3-5-10-23-30(28,29)25-19-12-15(4-2)11-17(13-19)20(21(26)27)24-18-8-6-16(14-22)7-9-18/h6-9,11-13,20,23-25H,3-5,10H2,1-2H3,(H,26,27)/p-1. The zero-order valence-corrected chi connectivity index (χ0v) is 17.8. The number of nitrogens with one attached hydrogen (secondary N) is 3. The summed E-state index contributed by atoms with van der Waals surface area (Å²) < 4.78 is 29.4. The predicted molar refractivity (Wildman–Crippen MR) is 114 cm³/mol. The monoisotopic (exact) mass is 429 g/mol. The second-order valence-corrected chi connectivity index (χ2v) is 8.26. The van der Waals surface area contributed by atoms with E-state index in [1.165, 1.54) is 6.07 Å². The molecule has 0 saturated heterocycles. The lowest BCUT2D eigenvalue weighted by Crippen LogP contribution is -2.34. The molecule has 30 heavy (non-hydrogen) atoms. The van der Waals surface area contributed by atoms with Crippen LogP contribution in [0.1, 0.15) is 49.4 Å². The second kappa shape index (κ2) is 10.6. The van der Waals surface area contributed by atoms with E-state index in [1.807, 2.05) is 19.9 Å². The van der Waals surface area contributed by atoms with Crippen molar-refractivity contribution in [2.75, 3.05) is 16.6 Å². The molecule has 0 spiro atoms. The van der Waals surface area contributed by atoms with Crippen LogP contribution in [0.5, 0.6) is 0 Å². The third-order valence-electron chi connectivity index (χ3n) is 4.39. The van der Waals surface area contributed by atoms with Crippen molar-refractivity contribution in [3.05, 3.63) is 59.2 Å². The molecule has 0 amide bonds. The van der Waals surface area contributed by atoms with Crippen LogP contribution >= 0.6 is 0 Å². The Morgan fingerprint density at radius 3 is 2.40 bits per heavy atom. The number of carboxylic acid groups (broad SMARTS) is 1. The van der Waals surface area contributed by atoms with Crippen molar-refractivity contribution >= 4 is 27.6 Å². The Hall–Kier alpha value is -3.09. The van der Waals surface area contributed by atoms with E-state index in [0.29, 0.717) is 36.2 Å². The highest BCUT2D eigenvalue weighted by Gasteiger charge is 2.17. The van der Waals surface area contributed by atoms with Crippen molar-refractivity contribution in [1.82, 2.24) is 4.72 Å². The highest BCUT2D eigenvalue weighted by atomic mass is 32.2. The van der Waals surface area contributed by atoms with Crippen LogP contribution in [0.25, 0.3) is 0 Å². The Labute approximate surface area is 177 Å². The summed E-state index contributed by atoms with van der Waals surface area (Å²) in [6, 6.07) is 11.9. The average Bonchev–Trinajstić information content (AvgIpc) is 2.71. The molecular formula is C21H25N4O4S-. The molecule has 0 aliphatic carbocycles. The topological polar surface area (TPSA) is 134 Å². The Morgan fingerprint density at radius 2 is 1.83 bits per heavy atom. The summed E-state index contributed by atoms with van der Waals surface area (Å²) in [5.74, 6) is -1.36. The fourth-order valence-corrected chi connectivity index (χ4v) is 3.72. The summed E-state index contributed by atoms with van der Waals surface area (Å²) in [6.45, 7) is 4.16. The number of unbranched alkanes of at least 4 members (excludes halogenated alkanes) is 1. The van der Waals surface area contributed by atoms with Crippen LogP contribution in [0.2, 0.25) is 0 Å². The number of nitrogens with zero attached hydrogens (tertiary/aromatic N) is 1. The number of carboxylic acids is 1. The van der Waals surface area contributed by atoms with Gasteiger partial charge in [0.15, 0.2) is 0 Å². The van der Waals surface area contributed by atoms with Gasteiger partial charge in [0.2, 0.25) is 0 Å². The van der Waals surface area contributed by atoms with Gasteiger partial charge in [-0.25, -0.2) is 0 Å². The van der Waals surface area contributed by atoms with Crippen LogP contribution in [0.3, 0.4) is 0 Å². The van der Waals surface area contributed by atoms with Crippen molar-refractivity contribution in [3.63, 3.8) is 0 Å². The first-order valence-corrected chi connectivity index (χ1v) is 11.1. The third-order valence-corrected chi connectivity index (χ3v) is 5.48. The van der Waals surface area contributed by atoms with Crippen molar-refractivity contribution in [1.29, 1.82) is 5.26 Å². The molecule has 0 heterocycles. The van der Waals surface area contributed by atoms with E-state index >= 15 is 0 Å². The molecule has 2 aromatic carbocycles. The highest BCUT2D eigenvalue weighted by Crippen LogP contribution is 2.25. The van der Waals surface area contributed by atoms with E-state index in [-0.39, 0.29) is 5.69 Å². The Balaban J connectivity index is 2.31. The number of hydrogen-bond donors (Lipinski definition) is 3. The number of carbonyl (C=O) groups is 1. The molecule has 2 aromatic rings. The normalized spacial score (nSPS) is 12.0. The van der Waals surface area contributed by atoms with E-state index in [2.05, 4.69) is 14.8 Å². The molecule has 0 fully saturated rings. The van der Waals surface area contributed by atoms with Crippen LogP contribution < -0.4 is 19.9 Å². The largest absolute Gasteiger partial charge is 0.548 e. The zero-order chi connectivity index (χ0) is 22.1. The molecule has 3 N–H and O–H groups in total. The van der Waals surface area contributed by atoms with Gasteiger partial charge < -0.3 is 15.2 Å². The lowest BCUT2D eigenvalue weighted by molar-refractivity contribution is -0.307. The van der Waals surface area contributed by atoms with Crippen molar-refractivity contribution in [2.45, 2.75) is 39.2 Å². The van der Waals surface area contributed by atoms with E-state index in [0.717, 1.165) is 12.0 Å². The molecule has 0 saturated carbocycles. The Bertz CT molecular complexity index is 1010. The van der Waals surface area contributed by atoms with Gasteiger partial charge in [-0.15, -0.1) is 0 Å². The molecule has 0 aliphatic heterocycles. The Morgan fingerprint density at radius 1 is 1.13 bits per heavy atom. The lowest BCUT2D eigenvalue weighted by Gasteiger charge is -2.23. The van der Waals surface area contributed by atoms with Gasteiger partial charge in [0, 0.05) is 12.2 Å². The van der Waals surface area contributed by atoms with Crippen LogP contribution in [-0.2, 0) is 21.4 Å². The molecule has 160 valence electrons. The van der Waals surface area contributed by atoms with Gasteiger partial charge in [-0.05, 0) is 60.4 Å². The van der Waals surface area contributed by atoms with E-state index < -0.39 is 22.2 Å². The molecule has 9 heteroatoms. The van der Waals surface area contributed by atoms with E-state index in [1.54, 1.807) is 36.4 Å². The second-order valence-electron chi connectivity index (χ2n) is 6.76. The molecule has 8 nitrogen and oxygen atoms in total. The number of hydrogen-bond acceptors (Lipinski definition) is 6. The molecule has 1 unspecified atom stereocenters. The Kier molecular flexibility index (Phi) is 8.21.